The fraction of sp³-hybridized carbons (Fsp3) is 0. The third kappa shape index (κ3) is 1.39. The third-order valence-electron chi connectivity index (χ3n) is 6.10. The van der Waals surface area contributed by atoms with Crippen LogP contribution in [0.15, 0.2) is 84.9 Å². The molecule has 7 aromatic rings. The van der Waals surface area contributed by atoms with Crippen molar-refractivity contribution in [3.8, 4) is 0 Å². The molecule has 26 heavy (non-hydrogen) atoms. The van der Waals surface area contributed by atoms with Crippen molar-refractivity contribution in [3.63, 3.8) is 0 Å². The Balaban J connectivity index is 1.67. The zero-order valence-corrected chi connectivity index (χ0v) is 14.1. The summed E-state index contributed by atoms with van der Waals surface area (Å²) in [5.74, 6) is 0. The molecule has 0 saturated heterocycles. The van der Waals surface area contributed by atoms with Crippen LogP contribution in [0.4, 0.5) is 0 Å². The van der Waals surface area contributed by atoms with Crippen LogP contribution in [-0.4, -0.2) is 0 Å². The van der Waals surface area contributed by atoms with Gasteiger partial charge in [-0.05, 0) is 88.9 Å². The lowest BCUT2D eigenvalue weighted by molar-refractivity contribution is 1.79. The number of benzene rings is 5. The van der Waals surface area contributed by atoms with Crippen LogP contribution in [0.3, 0.4) is 0 Å². The van der Waals surface area contributed by atoms with Crippen molar-refractivity contribution in [1.29, 1.82) is 0 Å². The van der Waals surface area contributed by atoms with Gasteiger partial charge in [-0.15, -0.1) is 0 Å². The highest BCUT2D eigenvalue weighted by Gasteiger charge is 2.19. The minimum atomic E-state index is 1.32. The van der Waals surface area contributed by atoms with Crippen molar-refractivity contribution >= 4 is 64.6 Å². The molecule has 0 atom stereocenters. The van der Waals surface area contributed by atoms with Gasteiger partial charge >= 0.3 is 0 Å². The van der Waals surface area contributed by atoms with E-state index in [4.69, 9.17) is 0 Å². The van der Waals surface area contributed by atoms with Gasteiger partial charge in [0.1, 0.15) is 0 Å². The Bertz CT molecular complexity index is 1490. The number of hydrogen-bond acceptors (Lipinski definition) is 0. The molecule has 0 amide bonds. The molecule has 0 nitrogen and oxygen atoms in total. The van der Waals surface area contributed by atoms with E-state index in [9.17, 15) is 0 Å². The average Bonchev–Trinajstić information content (AvgIpc) is 2.69. The van der Waals surface area contributed by atoms with Crippen LogP contribution in [0.2, 0.25) is 0 Å². The molecule has 0 aromatic heterocycles. The van der Waals surface area contributed by atoms with Crippen LogP contribution in [0, 0.1) is 0 Å². The molecule has 0 radical (unpaired) electrons. The van der Waals surface area contributed by atoms with Gasteiger partial charge in [0, 0.05) is 0 Å². The quantitative estimate of drug-likeness (QED) is 0.271. The maximum atomic E-state index is 2.37. The highest BCUT2D eigenvalue weighted by Crippen LogP contribution is 2.48. The van der Waals surface area contributed by atoms with Crippen molar-refractivity contribution in [2.24, 2.45) is 0 Å². The summed E-state index contributed by atoms with van der Waals surface area (Å²) in [6, 6.07) is 31.4. The number of rotatable bonds is 0. The molecular formula is C26H14. The first kappa shape index (κ1) is 12.9. The zero-order chi connectivity index (χ0) is 16.8. The molecule has 0 saturated carbocycles. The van der Waals surface area contributed by atoms with Crippen molar-refractivity contribution in [3.05, 3.63) is 84.9 Å². The molecule has 0 aliphatic rings. The molecule has 0 N–H and O–H groups in total. The molecule has 0 aliphatic carbocycles. The Morgan fingerprint density at radius 3 is 1.04 bits per heavy atom. The van der Waals surface area contributed by atoms with E-state index in [-0.39, 0.29) is 0 Å². The first-order valence-corrected chi connectivity index (χ1v) is 9.12. The summed E-state index contributed by atoms with van der Waals surface area (Å²) < 4.78 is 0. The Labute approximate surface area is 149 Å². The Hall–Kier alpha value is -3.38. The van der Waals surface area contributed by atoms with Crippen LogP contribution in [0.5, 0.6) is 0 Å². The maximum Gasteiger partial charge on any atom is -0.00137 e. The van der Waals surface area contributed by atoms with Gasteiger partial charge in [0.2, 0.25) is 0 Å². The molecule has 0 aliphatic heterocycles. The Morgan fingerprint density at radius 2 is 0.654 bits per heavy atom. The topological polar surface area (TPSA) is 0 Å². The molecule has 0 unspecified atom stereocenters. The molecule has 0 fully saturated rings. The van der Waals surface area contributed by atoms with Gasteiger partial charge in [0.05, 0.1) is 0 Å². The van der Waals surface area contributed by atoms with Crippen LogP contribution < -0.4 is 0 Å². The normalized spacial score (nSPS) is 12.6. The zero-order valence-electron chi connectivity index (χ0n) is 14.1. The van der Waals surface area contributed by atoms with Gasteiger partial charge in [-0.3, -0.25) is 0 Å². The smallest absolute Gasteiger partial charge is 0.00137 e. The van der Waals surface area contributed by atoms with E-state index in [0.29, 0.717) is 0 Å². The minimum Gasteiger partial charge on any atom is -0.0616 e. The predicted octanol–water partition coefficient (Wildman–Crippen LogP) is 7.48. The second-order valence-electron chi connectivity index (χ2n) is 7.40. The summed E-state index contributed by atoms with van der Waals surface area (Å²) >= 11 is 0. The van der Waals surface area contributed by atoms with Crippen LogP contribution in [0.1, 0.15) is 0 Å². The highest BCUT2D eigenvalue weighted by molar-refractivity contribution is 6.44. The molecule has 7 aromatic carbocycles. The third-order valence-corrected chi connectivity index (χ3v) is 6.10. The Kier molecular flexibility index (Phi) is 2.10. The summed E-state index contributed by atoms with van der Waals surface area (Å²) in [4.78, 5) is 0. The predicted molar refractivity (Wildman–Crippen MR) is 114 cm³/mol. The van der Waals surface area contributed by atoms with E-state index < -0.39 is 0 Å². The van der Waals surface area contributed by atoms with E-state index in [1.807, 2.05) is 0 Å². The second kappa shape index (κ2) is 4.23. The number of fused-ring (bicyclic) bond motifs is 11. The van der Waals surface area contributed by atoms with Gasteiger partial charge < -0.3 is 0 Å². The van der Waals surface area contributed by atoms with E-state index in [0.717, 1.165) is 0 Å². The number of hydrogen-bond donors (Lipinski definition) is 0. The first-order chi connectivity index (χ1) is 12.9. The molecular weight excluding hydrogens is 312 g/mol. The highest BCUT2D eigenvalue weighted by atomic mass is 14.2. The second-order valence-corrected chi connectivity index (χ2v) is 7.40. The van der Waals surface area contributed by atoms with Crippen LogP contribution in [-0.2, 0) is 0 Å². The standard InChI is InChI=1S/C26H14/c1-3-7-17-13-23-21(11-15(17)5-1)19-9-10-20-22-12-16-6-2-4-8-18(16)14-24(22)26(20)25(19)23/h1-14H. The maximum absolute atomic E-state index is 2.37. The lowest BCUT2D eigenvalue weighted by Crippen LogP contribution is -1.92. The summed E-state index contributed by atoms with van der Waals surface area (Å²) in [5.41, 5.74) is 0. The fourth-order valence-corrected chi connectivity index (χ4v) is 4.83. The fourth-order valence-electron chi connectivity index (χ4n) is 4.83. The largest absolute Gasteiger partial charge is 0.0616 e. The van der Waals surface area contributed by atoms with Crippen LogP contribution >= 0.6 is 0 Å². The van der Waals surface area contributed by atoms with Gasteiger partial charge in [-0.1, -0.05) is 60.7 Å². The first-order valence-electron chi connectivity index (χ1n) is 9.12. The van der Waals surface area contributed by atoms with E-state index in [2.05, 4.69) is 84.9 Å². The lowest BCUT2D eigenvalue weighted by atomic mass is 9.82. The van der Waals surface area contributed by atoms with Gasteiger partial charge in [0.25, 0.3) is 0 Å². The minimum absolute atomic E-state index is 1.32. The Morgan fingerprint density at radius 1 is 0.308 bits per heavy atom. The summed E-state index contributed by atoms with van der Waals surface area (Å²) in [6.45, 7) is 0. The summed E-state index contributed by atoms with van der Waals surface area (Å²) in [7, 11) is 0. The average molecular weight is 326 g/mol. The molecule has 0 heteroatoms. The van der Waals surface area contributed by atoms with Crippen LogP contribution in [0.25, 0.3) is 64.6 Å². The van der Waals surface area contributed by atoms with Crippen molar-refractivity contribution < 1.29 is 0 Å². The molecule has 0 spiro atoms. The van der Waals surface area contributed by atoms with Gasteiger partial charge in [-0.25, -0.2) is 0 Å². The molecule has 7 rings (SSSR count). The summed E-state index contributed by atoms with van der Waals surface area (Å²) in [5, 5.41) is 16.6. The van der Waals surface area contributed by atoms with E-state index in [1.165, 1.54) is 64.6 Å². The van der Waals surface area contributed by atoms with E-state index in [1.54, 1.807) is 0 Å². The molecule has 0 heterocycles. The molecule has 0 bridgehead atoms. The monoisotopic (exact) mass is 326 g/mol. The summed E-state index contributed by atoms with van der Waals surface area (Å²) in [6.07, 6.45) is 0. The SMILES string of the molecule is c1ccc2cc3c(cc2c1)c1ccc2c4cc5ccccc5cc4c2c13. The van der Waals surface area contributed by atoms with Crippen molar-refractivity contribution in [2.75, 3.05) is 0 Å². The molecule has 118 valence electrons. The van der Waals surface area contributed by atoms with Gasteiger partial charge in [-0.2, -0.15) is 0 Å². The van der Waals surface area contributed by atoms with E-state index >= 15 is 0 Å². The van der Waals surface area contributed by atoms with Crippen molar-refractivity contribution in [2.45, 2.75) is 0 Å². The van der Waals surface area contributed by atoms with Gasteiger partial charge in [0.15, 0.2) is 0 Å². The van der Waals surface area contributed by atoms with Crippen molar-refractivity contribution in [1.82, 2.24) is 0 Å². The lowest BCUT2D eigenvalue weighted by Gasteiger charge is -2.21.